The van der Waals surface area contributed by atoms with Crippen LogP contribution in [0.1, 0.15) is 37.6 Å². The van der Waals surface area contributed by atoms with Crippen molar-refractivity contribution in [2.45, 2.75) is 39.5 Å². The maximum atomic E-state index is 10.5. The number of carboxylic acids is 1. The quantitative estimate of drug-likeness (QED) is 0.806. The van der Waals surface area contributed by atoms with E-state index in [0.29, 0.717) is 5.89 Å². The van der Waals surface area contributed by atoms with E-state index in [2.05, 4.69) is 18.8 Å². The molecule has 0 spiro atoms. The Hall–Kier alpha value is -1.32. The largest absolute Gasteiger partial charge is 0.481 e. The average molecular weight is 209 g/mol. The minimum absolute atomic E-state index is 0.118. The highest BCUT2D eigenvalue weighted by Crippen LogP contribution is 2.34. The fraction of sp³-hybridized carbons (Fsp3) is 0.636. The molecular weight excluding hydrogens is 194 g/mol. The Bertz CT molecular complexity index is 393. The topological polar surface area (TPSA) is 63.3 Å². The van der Waals surface area contributed by atoms with Gasteiger partial charge >= 0.3 is 5.97 Å². The third kappa shape index (κ3) is 2.19. The molecule has 0 aliphatic heterocycles. The zero-order valence-corrected chi connectivity index (χ0v) is 9.04. The van der Waals surface area contributed by atoms with Crippen LogP contribution in [0.2, 0.25) is 0 Å². The number of nitrogens with zero attached hydrogens (tertiary/aromatic N) is 1. The van der Waals surface area contributed by atoms with E-state index >= 15 is 0 Å². The van der Waals surface area contributed by atoms with Gasteiger partial charge in [-0.15, -0.1) is 0 Å². The Labute approximate surface area is 88.3 Å². The highest BCUT2D eigenvalue weighted by molar-refractivity contribution is 5.68. The fourth-order valence-electron chi connectivity index (χ4n) is 1.97. The molecule has 4 nitrogen and oxygen atoms in total. The van der Waals surface area contributed by atoms with Gasteiger partial charge in [0.25, 0.3) is 0 Å². The Morgan fingerprint density at radius 2 is 2.33 bits per heavy atom. The highest BCUT2D eigenvalue weighted by Gasteiger charge is 2.29. The van der Waals surface area contributed by atoms with E-state index in [9.17, 15) is 4.79 Å². The molecular formula is C11H15NO3. The van der Waals surface area contributed by atoms with Crippen molar-refractivity contribution in [2.24, 2.45) is 5.41 Å². The maximum absolute atomic E-state index is 10.5. The molecule has 1 aromatic heterocycles. The van der Waals surface area contributed by atoms with Gasteiger partial charge in [-0.2, -0.15) is 0 Å². The number of aliphatic carboxylic acids is 1. The van der Waals surface area contributed by atoms with Crippen LogP contribution in [0.3, 0.4) is 0 Å². The van der Waals surface area contributed by atoms with Crippen LogP contribution in [0, 0.1) is 5.41 Å². The molecule has 0 unspecified atom stereocenters. The first kappa shape index (κ1) is 10.2. The number of carboxylic acid groups (broad SMARTS) is 1. The number of hydrogen-bond donors (Lipinski definition) is 1. The summed E-state index contributed by atoms with van der Waals surface area (Å²) in [4.78, 5) is 14.7. The van der Waals surface area contributed by atoms with Crippen molar-refractivity contribution in [3.8, 4) is 0 Å². The van der Waals surface area contributed by atoms with Crippen LogP contribution in [-0.2, 0) is 24.1 Å². The second kappa shape index (κ2) is 3.36. The van der Waals surface area contributed by atoms with E-state index in [4.69, 9.17) is 9.52 Å². The molecule has 2 rings (SSSR count). The number of aromatic nitrogens is 1. The highest BCUT2D eigenvalue weighted by atomic mass is 16.4. The van der Waals surface area contributed by atoms with Gasteiger partial charge < -0.3 is 9.52 Å². The maximum Gasteiger partial charge on any atom is 0.312 e. The Morgan fingerprint density at radius 3 is 3.00 bits per heavy atom. The van der Waals surface area contributed by atoms with Crippen LogP contribution in [-0.4, -0.2) is 16.1 Å². The first-order chi connectivity index (χ1) is 6.96. The molecule has 0 bridgehead atoms. The molecule has 1 N–H and O–H groups in total. The van der Waals surface area contributed by atoms with E-state index in [1.807, 2.05) is 0 Å². The summed E-state index contributed by atoms with van der Waals surface area (Å²) in [5.74, 6) is 0.323. The van der Waals surface area contributed by atoms with Crippen molar-refractivity contribution in [3.05, 3.63) is 17.3 Å². The molecule has 0 aromatic carbocycles. The van der Waals surface area contributed by atoms with Gasteiger partial charge in [-0.25, -0.2) is 4.98 Å². The first-order valence-corrected chi connectivity index (χ1v) is 5.15. The summed E-state index contributed by atoms with van der Waals surface area (Å²) in [6.07, 6.45) is 2.70. The molecule has 4 heteroatoms. The molecule has 0 fully saturated rings. The third-order valence-electron chi connectivity index (χ3n) is 2.80. The van der Waals surface area contributed by atoms with Crippen LogP contribution in [0.4, 0.5) is 0 Å². The Balaban J connectivity index is 2.22. The average Bonchev–Trinajstić information content (AvgIpc) is 2.42. The van der Waals surface area contributed by atoms with Gasteiger partial charge in [0.2, 0.25) is 5.89 Å². The van der Waals surface area contributed by atoms with Gasteiger partial charge in [-0.05, 0) is 18.3 Å². The van der Waals surface area contributed by atoms with Crippen LogP contribution in [0.15, 0.2) is 4.42 Å². The summed E-state index contributed by atoms with van der Waals surface area (Å²) in [6, 6.07) is 0. The number of fused-ring (bicyclic) bond motifs is 1. The van der Waals surface area contributed by atoms with E-state index in [1.54, 1.807) is 0 Å². The van der Waals surface area contributed by atoms with E-state index < -0.39 is 5.97 Å². The monoisotopic (exact) mass is 209 g/mol. The summed E-state index contributed by atoms with van der Waals surface area (Å²) in [7, 11) is 0. The van der Waals surface area contributed by atoms with Crippen LogP contribution in [0.5, 0.6) is 0 Å². The lowest BCUT2D eigenvalue weighted by atomic mass is 9.78. The van der Waals surface area contributed by atoms with Crippen molar-refractivity contribution in [2.75, 3.05) is 0 Å². The summed E-state index contributed by atoms with van der Waals surface area (Å²) in [6.45, 7) is 4.39. The second-order valence-electron chi connectivity index (χ2n) is 4.89. The number of aryl methyl sites for hydroxylation is 1. The summed E-state index contributed by atoms with van der Waals surface area (Å²) in [5.41, 5.74) is 1.20. The molecule has 1 aliphatic carbocycles. The van der Waals surface area contributed by atoms with Gasteiger partial charge in [-0.1, -0.05) is 13.8 Å². The summed E-state index contributed by atoms with van der Waals surface area (Å²) >= 11 is 0. The lowest BCUT2D eigenvalue weighted by molar-refractivity contribution is -0.136. The predicted molar refractivity (Wildman–Crippen MR) is 53.6 cm³/mol. The number of carbonyl (C=O) groups is 1. The normalized spacial score (nSPS) is 18.5. The molecule has 15 heavy (non-hydrogen) atoms. The van der Waals surface area contributed by atoms with E-state index in [-0.39, 0.29) is 11.8 Å². The van der Waals surface area contributed by atoms with Crippen LogP contribution >= 0.6 is 0 Å². The predicted octanol–water partition coefficient (Wildman–Crippen LogP) is 1.82. The number of hydrogen-bond acceptors (Lipinski definition) is 3. The van der Waals surface area contributed by atoms with Crippen molar-refractivity contribution in [3.63, 3.8) is 0 Å². The third-order valence-corrected chi connectivity index (χ3v) is 2.80. The van der Waals surface area contributed by atoms with E-state index in [0.717, 1.165) is 30.7 Å². The first-order valence-electron chi connectivity index (χ1n) is 5.15. The SMILES string of the molecule is CC1(C)CCc2oc(CC(=O)O)nc2C1. The fourth-order valence-corrected chi connectivity index (χ4v) is 1.97. The molecule has 0 radical (unpaired) electrons. The Kier molecular flexibility index (Phi) is 2.29. The zero-order chi connectivity index (χ0) is 11.1. The van der Waals surface area contributed by atoms with Gasteiger partial charge in [0.1, 0.15) is 12.2 Å². The van der Waals surface area contributed by atoms with Crippen molar-refractivity contribution in [1.82, 2.24) is 4.98 Å². The lowest BCUT2D eigenvalue weighted by Gasteiger charge is -2.27. The Morgan fingerprint density at radius 1 is 1.60 bits per heavy atom. The van der Waals surface area contributed by atoms with Gasteiger partial charge in [0.15, 0.2) is 0 Å². The second-order valence-corrected chi connectivity index (χ2v) is 4.89. The minimum Gasteiger partial charge on any atom is -0.481 e. The lowest BCUT2D eigenvalue weighted by Crippen LogP contribution is -2.21. The van der Waals surface area contributed by atoms with Crippen LogP contribution < -0.4 is 0 Å². The smallest absolute Gasteiger partial charge is 0.312 e. The molecule has 0 amide bonds. The van der Waals surface area contributed by atoms with E-state index in [1.165, 1.54) is 0 Å². The van der Waals surface area contributed by atoms with Gasteiger partial charge in [-0.3, -0.25) is 4.79 Å². The number of rotatable bonds is 2. The number of oxazole rings is 1. The molecule has 0 saturated carbocycles. The van der Waals surface area contributed by atoms with Gasteiger partial charge in [0.05, 0.1) is 5.69 Å². The summed E-state index contributed by atoms with van der Waals surface area (Å²) in [5, 5.41) is 8.63. The molecule has 82 valence electrons. The van der Waals surface area contributed by atoms with Crippen LogP contribution in [0.25, 0.3) is 0 Å². The molecule has 0 atom stereocenters. The molecule has 1 heterocycles. The summed E-state index contributed by atoms with van der Waals surface area (Å²) < 4.78 is 5.42. The molecule has 1 aliphatic rings. The zero-order valence-electron chi connectivity index (χ0n) is 9.04. The van der Waals surface area contributed by atoms with Crippen molar-refractivity contribution in [1.29, 1.82) is 0 Å². The molecule has 0 saturated heterocycles. The molecule has 1 aromatic rings. The van der Waals surface area contributed by atoms with Gasteiger partial charge in [0, 0.05) is 6.42 Å². The van der Waals surface area contributed by atoms with Crippen molar-refractivity contribution >= 4 is 5.97 Å². The minimum atomic E-state index is -0.896. The standard InChI is InChI=1S/C11H15NO3/c1-11(2)4-3-8-7(6-11)12-9(15-8)5-10(13)14/h3-6H2,1-2H3,(H,13,14). The van der Waals surface area contributed by atoms with Crippen molar-refractivity contribution < 1.29 is 14.3 Å².